The number of halogens is 2. The van der Waals surface area contributed by atoms with Gasteiger partial charge in [-0.15, -0.1) is 0 Å². The van der Waals surface area contributed by atoms with Crippen LogP contribution in [0.15, 0.2) is 75.9 Å². The molecule has 4 aromatic rings. The van der Waals surface area contributed by atoms with Crippen molar-refractivity contribution in [3.63, 3.8) is 0 Å². The van der Waals surface area contributed by atoms with Crippen LogP contribution in [0, 0.1) is 6.92 Å². The Morgan fingerprint density at radius 3 is 2.35 bits per heavy atom. The maximum absolute atomic E-state index is 13.2. The molecule has 1 amide bonds. The molecule has 5 nitrogen and oxygen atoms in total. The topological polar surface area (TPSA) is 68.5 Å². The summed E-state index contributed by atoms with van der Waals surface area (Å²) >= 11 is 11.9. The highest BCUT2D eigenvalue weighted by Gasteiger charge is 2.19. The van der Waals surface area contributed by atoms with Gasteiger partial charge in [-0.2, -0.15) is 0 Å². The SMILES string of the molecule is Cc1ccc(-c2oc3ccc(Cl)cc3c(=O)c2OCC(=O)Nc2ccc(Cl)cc2)cc1. The number of hydrogen-bond donors (Lipinski definition) is 1. The molecule has 0 saturated heterocycles. The molecule has 0 spiro atoms. The Kier molecular flexibility index (Phi) is 5.98. The number of aryl methyl sites for hydroxylation is 1. The van der Waals surface area contributed by atoms with Gasteiger partial charge in [-0.05, 0) is 49.4 Å². The highest BCUT2D eigenvalue weighted by molar-refractivity contribution is 6.31. The molecule has 156 valence electrons. The van der Waals surface area contributed by atoms with E-state index in [1.165, 1.54) is 6.07 Å². The van der Waals surface area contributed by atoms with Gasteiger partial charge in [0.25, 0.3) is 5.91 Å². The van der Waals surface area contributed by atoms with Gasteiger partial charge in [0.2, 0.25) is 11.2 Å². The Bertz CT molecular complexity index is 1310. The number of rotatable bonds is 5. The van der Waals surface area contributed by atoms with E-state index in [0.717, 1.165) is 5.56 Å². The van der Waals surface area contributed by atoms with Crippen LogP contribution in [0.4, 0.5) is 5.69 Å². The summed E-state index contributed by atoms with van der Waals surface area (Å²) in [4.78, 5) is 25.5. The molecule has 1 heterocycles. The van der Waals surface area contributed by atoms with Crippen LogP contribution < -0.4 is 15.5 Å². The molecule has 0 aliphatic carbocycles. The maximum atomic E-state index is 13.2. The van der Waals surface area contributed by atoms with E-state index in [1.807, 2.05) is 31.2 Å². The largest absolute Gasteiger partial charge is 0.476 e. The first kappa shape index (κ1) is 21.0. The van der Waals surface area contributed by atoms with E-state index in [2.05, 4.69) is 5.32 Å². The Morgan fingerprint density at radius 1 is 0.968 bits per heavy atom. The van der Waals surface area contributed by atoms with Crippen molar-refractivity contribution < 1.29 is 13.9 Å². The molecule has 0 aliphatic heterocycles. The van der Waals surface area contributed by atoms with Crippen LogP contribution in [0.1, 0.15) is 5.56 Å². The monoisotopic (exact) mass is 453 g/mol. The summed E-state index contributed by atoms with van der Waals surface area (Å²) in [5, 5.41) is 3.93. The van der Waals surface area contributed by atoms with Crippen LogP contribution in [0.3, 0.4) is 0 Å². The molecule has 0 unspecified atom stereocenters. The Hall–Kier alpha value is -3.28. The standard InChI is InChI=1S/C24H17Cl2NO4/c1-14-2-4-15(5-3-14)23-24(22(29)19-12-17(26)8-11-20(19)31-23)30-13-21(28)27-18-9-6-16(25)7-10-18/h2-12H,13H2,1H3,(H,27,28). The molecule has 0 atom stereocenters. The van der Waals surface area contributed by atoms with Crippen LogP contribution in [0.2, 0.25) is 10.0 Å². The minimum atomic E-state index is -0.428. The molecule has 4 rings (SSSR count). The number of anilines is 1. The smallest absolute Gasteiger partial charge is 0.262 e. The molecule has 0 bridgehead atoms. The quantitative estimate of drug-likeness (QED) is 0.396. The third-order valence-electron chi connectivity index (χ3n) is 4.60. The van der Waals surface area contributed by atoms with E-state index in [9.17, 15) is 9.59 Å². The van der Waals surface area contributed by atoms with Crippen LogP contribution in [0.25, 0.3) is 22.3 Å². The predicted molar refractivity (Wildman–Crippen MR) is 123 cm³/mol. The fraction of sp³-hybridized carbons (Fsp3) is 0.0833. The average molecular weight is 454 g/mol. The first-order chi connectivity index (χ1) is 14.9. The fourth-order valence-electron chi connectivity index (χ4n) is 3.04. The third kappa shape index (κ3) is 4.74. The normalized spacial score (nSPS) is 10.8. The van der Waals surface area contributed by atoms with Crippen molar-refractivity contribution in [1.82, 2.24) is 0 Å². The van der Waals surface area contributed by atoms with Gasteiger partial charge in [0.1, 0.15) is 5.58 Å². The van der Waals surface area contributed by atoms with Gasteiger partial charge in [-0.25, -0.2) is 0 Å². The molecule has 1 aromatic heterocycles. The van der Waals surface area contributed by atoms with Crippen molar-refractivity contribution in [2.45, 2.75) is 6.92 Å². The summed E-state index contributed by atoms with van der Waals surface area (Å²) in [6.45, 7) is 1.58. The van der Waals surface area contributed by atoms with Crippen molar-refractivity contribution in [3.8, 4) is 17.1 Å². The second-order valence-electron chi connectivity index (χ2n) is 6.94. The molecule has 0 saturated carbocycles. The van der Waals surface area contributed by atoms with Crippen molar-refractivity contribution >= 4 is 45.8 Å². The maximum Gasteiger partial charge on any atom is 0.262 e. The molecule has 31 heavy (non-hydrogen) atoms. The van der Waals surface area contributed by atoms with Gasteiger partial charge < -0.3 is 14.5 Å². The van der Waals surface area contributed by atoms with E-state index in [4.69, 9.17) is 32.4 Å². The summed E-state index contributed by atoms with van der Waals surface area (Å²) in [5.41, 5.74) is 2.26. The lowest BCUT2D eigenvalue weighted by atomic mass is 10.1. The lowest BCUT2D eigenvalue weighted by Gasteiger charge is -2.12. The summed E-state index contributed by atoms with van der Waals surface area (Å²) in [7, 11) is 0. The number of hydrogen-bond acceptors (Lipinski definition) is 4. The van der Waals surface area contributed by atoms with Crippen molar-refractivity contribution in [1.29, 1.82) is 0 Å². The zero-order valence-corrected chi connectivity index (χ0v) is 18.0. The molecular weight excluding hydrogens is 437 g/mol. The highest BCUT2D eigenvalue weighted by atomic mass is 35.5. The fourth-order valence-corrected chi connectivity index (χ4v) is 3.34. The second kappa shape index (κ2) is 8.84. The zero-order chi connectivity index (χ0) is 22.0. The Labute approximate surface area is 188 Å². The zero-order valence-electron chi connectivity index (χ0n) is 16.4. The molecular formula is C24H17Cl2NO4. The van der Waals surface area contributed by atoms with Gasteiger partial charge in [0, 0.05) is 21.3 Å². The predicted octanol–water partition coefficient (Wildman–Crippen LogP) is 6.09. The first-order valence-electron chi connectivity index (χ1n) is 9.42. The third-order valence-corrected chi connectivity index (χ3v) is 5.09. The lowest BCUT2D eigenvalue weighted by molar-refractivity contribution is -0.118. The van der Waals surface area contributed by atoms with Crippen LogP contribution in [-0.4, -0.2) is 12.5 Å². The molecule has 7 heteroatoms. The van der Waals surface area contributed by atoms with E-state index < -0.39 is 11.3 Å². The van der Waals surface area contributed by atoms with E-state index >= 15 is 0 Å². The summed E-state index contributed by atoms with van der Waals surface area (Å²) in [6.07, 6.45) is 0. The van der Waals surface area contributed by atoms with Gasteiger partial charge in [-0.3, -0.25) is 9.59 Å². The molecule has 0 fully saturated rings. The van der Waals surface area contributed by atoms with Crippen LogP contribution in [-0.2, 0) is 4.79 Å². The number of benzene rings is 3. The number of ether oxygens (including phenoxy) is 1. The van der Waals surface area contributed by atoms with E-state index in [-0.39, 0.29) is 23.5 Å². The number of nitrogens with one attached hydrogen (secondary N) is 1. The number of carbonyl (C=O) groups is 1. The van der Waals surface area contributed by atoms with Crippen molar-refractivity contribution in [3.05, 3.63) is 92.6 Å². The van der Waals surface area contributed by atoms with Crippen LogP contribution in [0.5, 0.6) is 5.75 Å². The molecule has 1 N–H and O–H groups in total. The summed E-state index contributed by atoms with van der Waals surface area (Å²) < 4.78 is 11.7. The molecule has 0 radical (unpaired) electrons. The first-order valence-corrected chi connectivity index (χ1v) is 10.2. The van der Waals surface area contributed by atoms with Crippen LogP contribution >= 0.6 is 23.2 Å². The Morgan fingerprint density at radius 2 is 1.65 bits per heavy atom. The van der Waals surface area contributed by atoms with Crippen molar-refractivity contribution in [2.75, 3.05) is 11.9 Å². The minimum Gasteiger partial charge on any atom is -0.476 e. The van der Waals surface area contributed by atoms with Gasteiger partial charge >= 0.3 is 0 Å². The van der Waals surface area contributed by atoms with Gasteiger partial charge in [0.05, 0.1) is 5.39 Å². The lowest BCUT2D eigenvalue weighted by Crippen LogP contribution is -2.22. The number of carbonyl (C=O) groups excluding carboxylic acids is 1. The summed E-state index contributed by atoms with van der Waals surface area (Å²) in [5.74, 6) is -0.230. The number of fused-ring (bicyclic) bond motifs is 1. The molecule has 0 aliphatic rings. The van der Waals surface area contributed by atoms with Gasteiger partial charge in [0.15, 0.2) is 12.4 Å². The average Bonchev–Trinajstić information content (AvgIpc) is 2.75. The van der Waals surface area contributed by atoms with E-state index in [1.54, 1.807) is 36.4 Å². The highest BCUT2D eigenvalue weighted by Crippen LogP contribution is 2.32. The van der Waals surface area contributed by atoms with Crippen molar-refractivity contribution in [2.24, 2.45) is 0 Å². The molecule has 3 aromatic carbocycles. The summed E-state index contributed by atoms with van der Waals surface area (Å²) in [6, 6.07) is 18.9. The van der Waals surface area contributed by atoms with E-state index in [0.29, 0.717) is 26.9 Å². The minimum absolute atomic E-state index is 0.0510. The van der Waals surface area contributed by atoms with Gasteiger partial charge in [-0.1, -0.05) is 53.0 Å². The second-order valence-corrected chi connectivity index (χ2v) is 7.81. The Balaban J connectivity index is 1.69. The number of amides is 1.